The van der Waals surface area contributed by atoms with Crippen molar-refractivity contribution in [2.24, 2.45) is 0 Å². The lowest BCUT2D eigenvalue weighted by molar-refractivity contribution is 0.102. The Morgan fingerprint density at radius 2 is 1.87 bits per heavy atom. The molecule has 0 unspecified atom stereocenters. The van der Waals surface area contributed by atoms with E-state index >= 15 is 0 Å². The third kappa shape index (κ3) is 2.60. The maximum atomic E-state index is 12.3. The van der Waals surface area contributed by atoms with Gasteiger partial charge >= 0.3 is 0 Å². The summed E-state index contributed by atoms with van der Waals surface area (Å²) in [6, 6.07) is 15.2. The molecule has 0 spiro atoms. The van der Waals surface area contributed by atoms with Gasteiger partial charge < -0.3 is 14.7 Å². The number of H-pyrrole nitrogens is 1. The fraction of sp³-hybridized carbons (Fsp3) is 0. The van der Waals surface area contributed by atoms with E-state index in [2.05, 4.69) is 15.3 Å². The minimum absolute atomic E-state index is 0.219. The second-order valence-electron chi connectivity index (χ2n) is 5.23. The molecule has 0 saturated heterocycles. The van der Waals surface area contributed by atoms with E-state index in [1.165, 1.54) is 0 Å². The van der Waals surface area contributed by atoms with Crippen molar-refractivity contribution in [1.82, 2.24) is 14.4 Å². The number of nitrogens with one attached hydrogen (secondary N) is 2. The van der Waals surface area contributed by atoms with Crippen LogP contribution in [0.15, 0.2) is 73.3 Å². The van der Waals surface area contributed by atoms with Gasteiger partial charge in [0.15, 0.2) is 0 Å². The van der Waals surface area contributed by atoms with Gasteiger partial charge in [-0.1, -0.05) is 18.2 Å². The molecule has 0 atom stereocenters. The highest BCUT2D eigenvalue weighted by molar-refractivity contribution is 6.03. The number of imidazole rings is 1. The second kappa shape index (κ2) is 5.46. The fourth-order valence-corrected chi connectivity index (χ4v) is 2.49. The van der Waals surface area contributed by atoms with Crippen molar-refractivity contribution in [2.45, 2.75) is 0 Å². The third-order valence-corrected chi connectivity index (χ3v) is 3.65. The number of amides is 1. The van der Waals surface area contributed by atoms with Gasteiger partial charge in [0.1, 0.15) is 11.3 Å². The van der Waals surface area contributed by atoms with E-state index < -0.39 is 0 Å². The number of carbonyl (C=O) groups is 1. The number of carbonyl (C=O) groups excluding carboxylic acids is 1. The van der Waals surface area contributed by atoms with Crippen LogP contribution in [0.4, 0.5) is 5.69 Å². The van der Waals surface area contributed by atoms with E-state index in [0.717, 1.165) is 22.5 Å². The second-order valence-corrected chi connectivity index (χ2v) is 5.23. The number of aromatic amines is 1. The smallest absolute Gasteiger partial charge is 0.275 e. The molecule has 0 saturated carbocycles. The highest BCUT2D eigenvalue weighted by Gasteiger charge is 2.11. The van der Waals surface area contributed by atoms with Crippen LogP contribution in [0.2, 0.25) is 0 Å². The van der Waals surface area contributed by atoms with Gasteiger partial charge in [0.05, 0.1) is 0 Å². The number of aromatic nitrogens is 3. The average molecular weight is 302 g/mol. The van der Waals surface area contributed by atoms with Crippen LogP contribution in [0.3, 0.4) is 0 Å². The number of hydrogen-bond donors (Lipinski definition) is 2. The van der Waals surface area contributed by atoms with Crippen LogP contribution < -0.4 is 5.32 Å². The summed E-state index contributed by atoms with van der Waals surface area (Å²) >= 11 is 0. The molecule has 3 aromatic heterocycles. The number of fused-ring (bicyclic) bond motifs is 1. The summed E-state index contributed by atoms with van der Waals surface area (Å²) in [7, 11) is 0. The molecule has 0 aliphatic carbocycles. The number of nitrogens with zero attached hydrogens (tertiary/aromatic N) is 2. The van der Waals surface area contributed by atoms with Crippen molar-refractivity contribution < 1.29 is 4.79 Å². The molecule has 4 rings (SSSR count). The first kappa shape index (κ1) is 13.3. The Balaban J connectivity index is 1.65. The van der Waals surface area contributed by atoms with Crippen molar-refractivity contribution in [3.63, 3.8) is 0 Å². The van der Waals surface area contributed by atoms with Crippen molar-refractivity contribution in [3.8, 4) is 11.1 Å². The number of benzene rings is 1. The van der Waals surface area contributed by atoms with Gasteiger partial charge in [-0.25, -0.2) is 4.98 Å². The molecule has 5 nitrogen and oxygen atoms in total. The molecule has 2 N–H and O–H groups in total. The van der Waals surface area contributed by atoms with Crippen LogP contribution in [0.5, 0.6) is 0 Å². The highest BCUT2D eigenvalue weighted by atomic mass is 16.1. The first-order valence-corrected chi connectivity index (χ1v) is 7.28. The van der Waals surface area contributed by atoms with Gasteiger partial charge in [-0.15, -0.1) is 0 Å². The summed E-state index contributed by atoms with van der Waals surface area (Å²) in [4.78, 5) is 19.7. The number of rotatable bonds is 3. The molecular formula is C18H14N4O. The Bertz CT molecular complexity index is 955. The van der Waals surface area contributed by atoms with Crippen LogP contribution in [0, 0.1) is 0 Å². The average Bonchev–Trinajstić information content (AvgIpc) is 3.24. The van der Waals surface area contributed by atoms with Crippen molar-refractivity contribution in [3.05, 3.63) is 79.0 Å². The number of pyridine rings is 1. The summed E-state index contributed by atoms with van der Waals surface area (Å²) in [5.41, 5.74) is 4.03. The van der Waals surface area contributed by atoms with Gasteiger partial charge in [-0.2, -0.15) is 0 Å². The molecule has 0 bridgehead atoms. The minimum atomic E-state index is -0.219. The zero-order valence-corrected chi connectivity index (χ0v) is 12.2. The normalized spacial score (nSPS) is 10.8. The van der Waals surface area contributed by atoms with Crippen LogP contribution in [-0.4, -0.2) is 20.3 Å². The molecule has 0 aliphatic rings. The van der Waals surface area contributed by atoms with Gasteiger partial charge in [0, 0.05) is 36.0 Å². The molecule has 5 heteroatoms. The number of hydrogen-bond acceptors (Lipinski definition) is 2. The Morgan fingerprint density at radius 3 is 2.65 bits per heavy atom. The largest absolute Gasteiger partial charge is 0.367 e. The van der Waals surface area contributed by atoms with E-state index in [-0.39, 0.29) is 5.91 Å². The SMILES string of the molecule is O=C(Nc1ccccc1)c1cn2cc(-c3cc[nH]c3)ccc2n1. The topological polar surface area (TPSA) is 62.2 Å². The minimum Gasteiger partial charge on any atom is -0.367 e. The van der Waals surface area contributed by atoms with Gasteiger partial charge in [-0.3, -0.25) is 4.79 Å². The van der Waals surface area contributed by atoms with E-state index in [1.54, 1.807) is 6.20 Å². The van der Waals surface area contributed by atoms with E-state index in [1.807, 2.05) is 71.5 Å². The highest BCUT2D eigenvalue weighted by Crippen LogP contribution is 2.19. The lowest BCUT2D eigenvalue weighted by Crippen LogP contribution is -2.11. The zero-order valence-electron chi connectivity index (χ0n) is 12.2. The summed E-state index contributed by atoms with van der Waals surface area (Å²) in [6.45, 7) is 0. The Morgan fingerprint density at radius 1 is 1.00 bits per heavy atom. The molecule has 112 valence electrons. The quantitative estimate of drug-likeness (QED) is 0.607. The maximum Gasteiger partial charge on any atom is 0.275 e. The zero-order chi connectivity index (χ0) is 15.6. The summed E-state index contributed by atoms with van der Waals surface area (Å²) in [6.07, 6.45) is 7.52. The Labute approximate surface area is 132 Å². The number of para-hydroxylation sites is 1. The van der Waals surface area contributed by atoms with Gasteiger partial charge in [-0.05, 0) is 35.9 Å². The first-order chi connectivity index (χ1) is 11.3. The van der Waals surface area contributed by atoms with Gasteiger partial charge in [0.2, 0.25) is 0 Å². The van der Waals surface area contributed by atoms with Crippen LogP contribution >= 0.6 is 0 Å². The van der Waals surface area contributed by atoms with E-state index in [0.29, 0.717) is 5.69 Å². The molecule has 0 radical (unpaired) electrons. The molecule has 23 heavy (non-hydrogen) atoms. The molecule has 1 amide bonds. The predicted molar refractivity (Wildman–Crippen MR) is 89.4 cm³/mol. The molecule has 3 heterocycles. The summed E-state index contributed by atoms with van der Waals surface area (Å²) in [5, 5.41) is 2.84. The molecule has 0 aliphatic heterocycles. The Kier molecular flexibility index (Phi) is 3.16. The van der Waals surface area contributed by atoms with E-state index in [9.17, 15) is 4.79 Å². The van der Waals surface area contributed by atoms with Crippen LogP contribution in [0.25, 0.3) is 16.8 Å². The predicted octanol–water partition coefficient (Wildman–Crippen LogP) is 3.58. The van der Waals surface area contributed by atoms with Crippen molar-refractivity contribution in [2.75, 3.05) is 5.32 Å². The molecular weight excluding hydrogens is 288 g/mol. The van der Waals surface area contributed by atoms with Gasteiger partial charge in [0.25, 0.3) is 5.91 Å². The van der Waals surface area contributed by atoms with Crippen LogP contribution in [0.1, 0.15) is 10.5 Å². The van der Waals surface area contributed by atoms with Crippen LogP contribution in [-0.2, 0) is 0 Å². The van der Waals surface area contributed by atoms with E-state index in [4.69, 9.17) is 0 Å². The molecule has 0 fully saturated rings. The Hall–Kier alpha value is -3.34. The lowest BCUT2D eigenvalue weighted by Gasteiger charge is -2.01. The number of anilines is 1. The van der Waals surface area contributed by atoms with Crippen molar-refractivity contribution in [1.29, 1.82) is 0 Å². The molecule has 4 aromatic rings. The molecule has 1 aromatic carbocycles. The third-order valence-electron chi connectivity index (χ3n) is 3.65. The van der Waals surface area contributed by atoms with Crippen molar-refractivity contribution >= 4 is 17.2 Å². The maximum absolute atomic E-state index is 12.3. The lowest BCUT2D eigenvalue weighted by atomic mass is 10.1. The monoisotopic (exact) mass is 302 g/mol. The summed E-state index contributed by atoms with van der Waals surface area (Å²) < 4.78 is 1.86. The first-order valence-electron chi connectivity index (χ1n) is 7.28. The fourth-order valence-electron chi connectivity index (χ4n) is 2.49. The summed E-state index contributed by atoms with van der Waals surface area (Å²) in [5.74, 6) is -0.219. The standard InChI is InChI=1S/C18H14N4O/c23-18(20-15-4-2-1-3-5-15)16-12-22-11-14(6-7-17(22)21-16)13-8-9-19-10-13/h1-12,19H,(H,20,23).